The quantitative estimate of drug-likeness (QED) is 0.681. The molecule has 0 bridgehead atoms. The van der Waals surface area contributed by atoms with E-state index in [9.17, 15) is 13.5 Å². The van der Waals surface area contributed by atoms with Gasteiger partial charge in [0.2, 0.25) is 0 Å². The van der Waals surface area contributed by atoms with E-state index in [1.54, 1.807) is 31.2 Å². The summed E-state index contributed by atoms with van der Waals surface area (Å²) in [7, 11) is -4.02. The van der Waals surface area contributed by atoms with Crippen LogP contribution >= 0.6 is 11.3 Å². The first-order chi connectivity index (χ1) is 13.4. The fraction of sp³-hybridized carbons (Fsp3) is 0.200. The van der Waals surface area contributed by atoms with Crippen LogP contribution in [0.5, 0.6) is 17.2 Å². The van der Waals surface area contributed by atoms with Crippen molar-refractivity contribution < 1.29 is 23.0 Å². The summed E-state index contributed by atoms with van der Waals surface area (Å²) in [6.07, 6.45) is 0. The second kappa shape index (κ2) is 7.37. The summed E-state index contributed by atoms with van der Waals surface area (Å²) < 4.78 is 39.4. The van der Waals surface area contributed by atoms with E-state index >= 15 is 0 Å². The summed E-state index contributed by atoms with van der Waals surface area (Å²) in [5.41, 5.74) is 1.19. The molecule has 2 heterocycles. The van der Waals surface area contributed by atoms with Gasteiger partial charge in [0.1, 0.15) is 23.9 Å². The molecule has 2 aromatic carbocycles. The van der Waals surface area contributed by atoms with Crippen LogP contribution in [0.15, 0.2) is 58.8 Å². The molecule has 0 unspecified atom stereocenters. The van der Waals surface area contributed by atoms with Crippen LogP contribution in [0.4, 0.5) is 5.69 Å². The Balaban J connectivity index is 1.83. The summed E-state index contributed by atoms with van der Waals surface area (Å²) in [6, 6.07) is 13.3. The van der Waals surface area contributed by atoms with Gasteiger partial charge in [-0.25, -0.2) is 8.42 Å². The number of ether oxygens (including phenoxy) is 2. The molecule has 1 N–H and O–H groups in total. The first kappa shape index (κ1) is 18.6. The van der Waals surface area contributed by atoms with Crippen LogP contribution in [0.25, 0.3) is 0 Å². The Hall–Kier alpha value is -2.71. The van der Waals surface area contributed by atoms with Gasteiger partial charge < -0.3 is 14.6 Å². The maximum Gasteiger partial charge on any atom is 0.268 e. The molecular weight excluding hydrogens is 398 g/mol. The summed E-state index contributed by atoms with van der Waals surface area (Å²) in [4.78, 5) is 0.754. The fourth-order valence-electron chi connectivity index (χ4n) is 2.99. The van der Waals surface area contributed by atoms with Crippen LogP contribution in [0.1, 0.15) is 10.4 Å². The van der Waals surface area contributed by atoms with Crippen molar-refractivity contribution in [1.82, 2.24) is 0 Å². The van der Waals surface area contributed by atoms with E-state index in [4.69, 9.17) is 9.47 Å². The number of hydrogen-bond acceptors (Lipinski definition) is 6. The van der Waals surface area contributed by atoms with Gasteiger partial charge in [-0.05, 0) is 48.2 Å². The van der Waals surface area contributed by atoms with Gasteiger partial charge >= 0.3 is 0 Å². The maximum absolute atomic E-state index is 13.5. The molecule has 4 rings (SSSR count). The number of rotatable bonds is 5. The number of benzene rings is 2. The Morgan fingerprint density at radius 3 is 2.61 bits per heavy atom. The van der Waals surface area contributed by atoms with Crippen LogP contribution in [-0.4, -0.2) is 26.7 Å². The smallest absolute Gasteiger partial charge is 0.268 e. The number of aromatic hydroxyl groups is 1. The highest BCUT2D eigenvalue weighted by Gasteiger charge is 2.29. The third kappa shape index (κ3) is 3.53. The average Bonchev–Trinajstić information content (AvgIpc) is 3.21. The molecule has 8 heteroatoms. The number of nitrogens with zero attached hydrogens (tertiary/aromatic N) is 1. The SMILES string of the molecule is Cc1ccc(O)c(S(=O)(=O)N(Cc2cccs2)c2ccc3c(c2)OCCO3)c1. The molecule has 6 nitrogen and oxygen atoms in total. The lowest BCUT2D eigenvalue weighted by atomic mass is 10.2. The molecule has 0 amide bonds. The number of thiophene rings is 1. The Kier molecular flexibility index (Phi) is 4.91. The van der Waals surface area contributed by atoms with Crippen molar-refractivity contribution in [2.75, 3.05) is 17.5 Å². The molecule has 3 aromatic rings. The largest absolute Gasteiger partial charge is 0.507 e. The van der Waals surface area contributed by atoms with Gasteiger partial charge in [0, 0.05) is 10.9 Å². The van der Waals surface area contributed by atoms with Crippen LogP contribution in [0, 0.1) is 6.92 Å². The van der Waals surface area contributed by atoms with Gasteiger partial charge in [-0.15, -0.1) is 11.3 Å². The topological polar surface area (TPSA) is 76.1 Å². The predicted octanol–water partition coefficient (Wildman–Crippen LogP) is 3.93. The van der Waals surface area contributed by atoms with Gasteiger partial charge in [0.05, 0.1) is 12.2 Å². The highest BCUT2D eigenvalue weighted by atomic mass is 32.2. The number of phenolic OH excluding ortho intramolecular Hbond substituents is 1. The molecule has 0 saturated heterocycles. The third-order valence-electron chi connectivity index (χ3n) is 4.38. The third-order valence-corrected chi connectivity index (χ3v) is 7.04. The van der Waals surface area contributed by atoms with Crippen molar-refractivity contribution >= 4 is 27.0 Å². The lowest BCUT2D eigenvalue weighted by Gasteiger charge is -2.26. The number of hydrogen-bond donors (Lipinski definition) is 1. The molecule has 0 fully saturated rings. The minimum atomic E-state index is -4.02. The van der Waals surface area contributed by atoms with E-state index in [1.807, 2.05) is 17.5 Å². The van der Waals surface area contributed by atoms with Crippen molar-refractivity contribution in [3.8, 4) is 17.2 Å². The van der Waals surface area contributed by atoms with E-state index < -0.39 is 10.0 Å². The summed E-state index contributed by atoms with van der Waals surface area (Å²) >= 11 is 1.47. The van der Waals surface area contributed by atoms with Crippen molar-refractivity contribution in [1.29, 1.82) is 0 Å². The molecule has 0 radical (unpaired) electrons. The Morgan fingerprint density at radius 1 is 1.07 bits per heavy atom. The second-order valence-corrected chi connectivity index (χ2v) is 9.25. The van der Waals surface area contributed by atoms with Gasteiger partial charge in [-0.2, -0.15) is 0 Å². The highest BCUT2D eigenvalue weighted by Crippen LogP contribution is 2.38. The number of sulfonamides is 1. The zero-order valence-corrected chi connectivity index (χ0v) is 16.8. The minimum absolute atomic E-state index is 0.126. The molecule has 1 aliphatic rings. The van der Waals surface area contributed by atoms with Gasteiger partial charge in [0.15, 0.2) is 11.5 Å². The van der Waals surface area contributed by atoms with Gasteiger partial charge in [-0.1, -0.05) is 12.1 Å². The first-order valence-electron chi connectivity index (χ1n) is 8.69. The van der Waals surface area contributed by atoms with E-state index in [-0.39, 0.29) is 17.2 Å². The maximum atomic E-state index is 13.5. The zero-order chi connectivity index (χ0) is 19.7. The molecule has 146 valence electrons. The Morgan fingerprint density at radius 2 is 1.86 bits per heavy atom. The molecule has 1 aliphatic heterocycles. The predicted molar refractivity (Wildman–Crippen MR) is 108 cm³/mol. The number of aryl methyl sites for hydroxylation is 1. The van der Waals surface area contributed by atoms with Gasteiger partial charge in [0.25, 0.3) is 10.0 Å². The number of phenols is 1. The van der Waals surface area contributed by atoms with E-state index in [2.05, 4.69) is 0 Å². The summed E-state index contributed by atoms with van der Waals surface area (Å²) in [5.74, 6) is 0.810. The standard InChI is InChI=1S/C20H19NO5S2/c1-14-4-6-17(22)20(11-14)28(23,24)21(13-16-3-2-10-27-16)15-5-7-18-19(12-15)26-9-8-25-18/h2-7,10-12,22H,8-9,13H2,1H3. The molecule has 0 spiro atoms. The molecule has 0 aliphatic carbocycles. The lowest BCUT2D eigenvalue weighted by Crippen LogP contribution is -2.30. The van der Waals surface area contributed by atoms with Crippen molar-refractivity contribution in [3.05, 3.63) is 64.4 Å². The molecule has 0 saturated carbocycles. The van der Waals surface area contributed by atoms with Gasteiger partial charge in [-0.3, -0.25) is 4.31 Å². The molecule has 28 heavy (non-hydrogen) atoms. The van der Waals surface area contributed by atoms with Crippen molar-refractivity contribution in [2.24, 2.45) is 0 Å². The zero-order valence-electron chi connectivity index (χ0n) is 15.2. The van der Waals surface area contributed by atoms with E-state index in [0.717, 1.165) is 10.4 Å². The van der Waals surface area contributed by atoms with E-state index in [0.29, 0.717) is 30.4 Å². The number of anilines is 1. The molecule has 1 aromatic heterocycles. The minimum Gasteiger partial charge on any atom is -0.507 e. The van der Waals surface area contributed by atoms with Crippen LogP contribution in [-0.2, 0) is 16.6 Å². The summed E-state index contributed by atoms with van der Waals surface area (Å²) in [5, 5.41) is 12.1. The first-order valence-corrected chi connectivity index (χ1v) is 11.0. The van der Waals surface area contributed by atoms with E-state index in [1.165, 1.54) is 27.8 Å². The van der Waals surface area contributed by atoms with Crippen molar-refractivity contribution in [2.45, 2.75) is 18.4 Å². The Labute approximate surface area is 167 Å². The van der Waals surface area contributed by atoms with Crippen LogP contribution in [0.2, 0.25) is 0 Å². The molecule has 0 atom stereocenters. The lowest BCUT2D eigenvalue weighted by molar-refractivity contribution is 0.171. The molecular formula is C20H19NO5S2. The van der Waals surface area contributed by atoms with Crippen molar-refractivity contribution in [3.63, 3.8) is 0 Å². The monoisotopic (exact) mass is 417 g/mol. The highest BCUT2D eigenvalue weighted by molar-refractivity contribution is 7.93. The average molecular weight is 418 g/mol. The second-order valence-electron chi connectivity index (χ2n) is 6.39. The normalized spacial score (nSPS) is 13.3. The fourth-order valence-corrected chi connectivity index (χ4v) is 5.37. The Bertz CT molecular complexity index is 1090. The van der Waals surface area contributed by atoms with Crippen LogP contribution in [0.3, 0.4) is 0 Å². The van der Waals surface area contributed by atoms with Crippen LogP contribution < -0.4 is 13.8 Å². The summed E-state index contributed by atoms with van der Waals surface area (Å²) in [6.45, 7) is 2.80. The number of fused-ring (bicyclic) bond motifs is 1.